The van der Waals surface area contributed by atoms with Gasteiger partial charge >= 0.3 is 11.9 Å². The number of hydrogen-bond acceptors (Lipinski definition) is 12. The highest BCUT2D eigenvalue weighted by molar-refractivity contribution is 6.01. The number of carbonyl (C=O) groups excluding carboxylic acids is 4. The molecule has 0 bridgehead atoms. The molecule has 1 aromatic heterocycles. The molecule has 0 unspecified atom stereocenters. The molecule has 0 aliphatic rings. The van der Waals surface area contributed by atoms with Gasteiger partial charge in [0.1, 0.15) is 0 Å². The first-order valence-corrected chi connectivity index (χ1v) is 13.6. The molecule has 0 saturated carbocycles. The standard InChI is InChI=1S/C30H36N6O8/c1-41-29(39)21(17-43-15-19-9-5-3-6-10-19)13-33-27(37)23-25(31)36-24(26(32)35-23)28(38)34-14-22(30(40)42-2)18-44-16-20-11-7-4-8-12-20/h3-12,21-22H,13-18H2,1-2H3,(H2,32,35)(H2,31,36)(H,33,37)(H,34,38)/t21-,22-/m1/s1. The molecule has 14 heteroatoms. The van der Waals surface area contributed by atoms with E-state index in [1.54, 1.807) is 0 Å². The fourth-order valence-electron chi connectivity index (χ4n) is 3.94. The number of amides is 2. The van der Waals surface area contributed by atoms with E-state index in [-0.39, 0.29) is 62.5 Å². The third-order valence-electron chi connectivity index (χ3n) is 6.33. The van der Waals surface area contributed by atoms with Gasteiger partial charge in [0.25, 0.3) is 11.8 Å². The van der Waals surface area contributed by atoms with E-state index < -0.39 is 35.6 Å². The van der Waals surface area contributed by atoms with E-state index in [4.69, 9.17) is 30.4 Å². The molecule has 0 aliphatic heterocycles. The summed E-state index contributed by atoms with van der Waals surface area (Å²) in [5.41, 5.74) is 13.0. The number of methoxy groups -OCH3 is 2. The molecule has 14 nitrogen and oxygen atoms in total. The van der Waals surface area contributed by atoms with Gasteiger partial charge in [-0.2, -0.15) is 0 Å². The summed E-state index contributed by atoms with van der Waals surface area (Å²) in [4.78, 5) is 58.0. The van der Waals surface area contributed by atoms with E-state index >= 15 is 0 Å². The van der Waals surface area contributed by atoms with E-state index in [0.717, 1.165) is 11.1 Å². The van der Waals surface area contributed by atoms with Crippen molar-refractivity contribution in [1.82, 2.24) is 20.6 Å². The van der Waals surface area contributed by atoms with Gasteiger partial charge in [0.05, 0.1) is 52.5 Å². The molecule has 0 spiro atoms. The number of esters is 2. The van der Waals surface area contributed by atoms with Crippen molar-refractivity contribution in [2.24, 2.45) is 11.8 Å². The molecule has 3 aromatic rings. The molecule has 1 heterocycles. The average molecular weight is 609 g/mol. The summed E-state index contributed by atoms with van der Waals surface area (Å²) in [6.45, 7) is 0.196. The van der Waals surface area contributed by atoms with E-state index in [1.165, 1.54) is 14.2 Å². The lowest BCUT2D eigenvalue weighted by molar-refractivity contribution is -0.148. The van der Waals surface area contributed by atoms with Crippen molar-refractivity contribution in [1.29, 1.82) is 0 Å². The number of nitrogen functional groups attached to an aromatic ring is 2. The fraction of sp³-hybridized carbons (Fsp3) is 0.333. The van der Waals surface area contributed by atoms with Crippen molar-refractivity contribution in [3.05, 3.63) is 83.2 Å². The summed E-state index contributed by atoms with van der Waals surface area (Å²) in [6.07, 6.45) is 0. The maximum absolute atomic E-state index is 12.8. The minimum atomic E-state index is -0.816. The van der Waals surface area contributed by atoms with E-state index in [2.05, 4.69) is 20.6 Å². The predicted octanol–water partition coefficient (Wildman–Crippen LogP) is 1.11. The highest BCUT2D eigenvalue weighted by atomic mass is 16.5. The molecule has 2 aromatic carbocycles. The smallest absolute Gasteiger partial charge is 0.312 e. The van der Waals surface area contributed by atoms with Crippen molar-refractivity contribution in [3.63, 3.8) is 0 Å². The second-order valence-electron chi connectivity index (χ2n) is 9.55. The van der Waals surface area contributed by atoms with Gasteiger partial charge in [-0.15, -0.1) is 0 Å². The van der Waals surface area contributed by atoms with Crippen molar-refractivity contribution < 1.29 is 38.1 Å². The van der Waals surface area contributed by atoms with Crippen LogP contribution in [0.2, 0.25) is 0 Å². The highest BCUT2D eigenvalue weighted by Gasteiger charge is 2.26. The quantitative estimate of drug-likeness (QED) is 0.169. The van der Waals surface area contributed by atoms with E-state index in [1.807, 2.05) is 60.7 Å². The summed E-state index contributed by atoms with van der Waals surface area (Å²) in [7, 11) is 2.46. The Morgan fingerprint density at radius 2 is 1.02 bits per heavy atom. The predicted molar refractivity (Wildman–Crippen MR) is 159 cm³/mol. The molecule has 6 N–H and O–H groups in total. The van der Waals surface area contributed by atoms with Crippen molar-refractivity contribution >= 4 is 35.4 Å². The summed E-state index contributed by atoms with van der Waals surface area (Å²) in [5.74, 6) is -5.08. The van der Waals surface area contributed by atoms with Gasteiger partial charge < -0.3 is 41.0 Å². The maximum atomic E-state index is 12.8. The molecule has 0 aliphatic carbocycles. The van der Waals surface area contributed by atoms with Crippen molar-refractivity contribution in [2.75, 3.05) is 52.0 Å². The van der Waals surface area contributed by atoms with Crippen molar-refractivity contribution in [2.45, 2.75) is 13.2 Å². The van der Waals surface area contributed by atoms with Crippen LogP contribution in [-0.4, -0.2) is 74.2 Å². The van der Waals surface area contributed by atoms with Crippen LogP contribution < -0.4 is 22.1 Å². The first kappa shape index (κ1) is 33.4. The monoisotopic (exact) mass is 608 g/mol. The third-order valence-corrected chi connectivity index (χ3v) is 6.33. The van der Waals surface area contributed by atoms with Crippen LogP contribution in [0.3, 0.4) is 0 Å². The maximum Gasteiger partial charge on any atom is 0.312 e. The Labute approximate surface area is 254 Å². The molecular weight excluding hydrogens is 572 g/mol. The number of nitrogens with two attached hydrogens (primary N) is 2. The Balaban J connectivity index is 1.56. The number of nitrogens with one attached hydrogen (secondary N) is 2. The number of benzene rings is 2. The highest BCUT2D eigenvalue weighted by Crippen LogP contribution is 2.14. The van der Waals surface area contributed by atoms with Crippen LogP contribution in [0.1, 0.15) is 32.1 Å². The van der Waals surface area contributed by atoms with Gasteiger partial charge in [0.15, 0.2) is 23.0 Å². The number of carbonyl (C=O) groups is 4. The zero-order valence-electron chi connectivity index (χ0n) is 24.5. The molecule has 2 atom stereocenters. The SMILES string of the molecule is COC(=O)[C@H](CNC(=O)c1nc(N)c(C(=O)NC[C@H](COCc2ccccc2)C(=O)OC)nc1N)COCc1ccccc1. The zero-order chi connectivity index (χ0) is 31.9. The third kappa shape index (κ3) is 10.0. The summed E-state index contributed by atoms with van der Waals surface area (Å²) < 4.78 is 20.9. The zero-order valence-corrected chi connectivity index (χ0v) is 24.5. The van der Waals surface area contributed by atoms with E-state index in [0.29, 0.717) is 0 Å². The van der Waals surface area contributed by atoms with Crippen LogP contribution in [0.25, 0.3) is 0 Å². The van der Waals surface area contributed by atoms with Crippen LogP contribution in [0.15, 0.2) is 60.7 Å². The number of hydrogen-bond donors (Lipinski definition) is 4. The molecular formula is C30H36N6O8. The Hall–Kier alpha value is -5.08. The first-order valence-electron chi connectivity index (χ1n) is 13.6. The largest absolute Gasteiger partial charge is 0.469 e. The Bertz CT molecular complexity index is 1300. The van der Waals surface area contributed by atoms with Gasteiger partial charge in [-0.25, -0.2) is 9.97 Å². The second-order valence-corrected chi connectivity index (χ2v) is 9.55. The number of ether oxygens (including phenoxy) is 4. The molecule has 44 heavy (non-hydrogen) atoms. The van der Waals surface area contributed by atoms with E-state index in [9.17, 15) is 19.2 Å². The van der Waals surface area contributed by atoms with Gasteiger partial charge in [0.2, 0.25) is 0 Å². The topological polar surface area (TPSA) is 207 Å². The lowest BCUT2D eigenvalue weighted by Crippen LogP contribution is -2.38. The summed E-state index contributed by atoms with van der Waals surface area (Å²) in [6, 6.07) is 18.7. The van der Waals surface area contributed by atoms with Crippen LogP contribution >= 0.6 is 0 Å². The van der Waals surface area contributed by atoms with Crippen molar-refractivity contribution in [3.8, 4) is 0 Å². The number of aromatic nitrogens is 2. The molecule has 3 rings (SSSR count). The summed E-state index contributed by atoms with van der Waals surface area (Å²) in [5, 5.41) is 5.09. The summed E-state index contributed by atoms with van der Waals surface area (Å²) >= 11 is 0. The van der Waals surface area contributed by atoms with Gasteiger partial charge in [-0.1, -0.05) is 60.7 Å². The lowest BCUT2D eigenvalue weighted by Gasteiger charge is -2.17. The van der Waals surface area contributed by atoms with Gasteiger partial charge in [0, 0.05) is 13.1 Å². The molecule has 0 saturated heterocycles. The molecule has 0 radical (unpaired) electrons. The molecule has 2 amide bonds. The Morgan fingerprint density at radius 1 is 0.659 bits per heavy atom. The van der Waals surface area contributed by atoms with Crippen LogP contribution in [0.4, 0.5) is 11.6 Å². The Kier molecular flexibility index (Phi) is 13.0. The minimum Gasteiger partial charge on any atom is -0.469 e. The number of rotatable bonds is 16. The minimum absolute atomic E-state index is 0.0197. The number of anilines is 2. The number of nitrogens with zero attached hydrogens (tertiary/aromatic N) is 2. The molecule has 234 valence electrons. The lowest BCUT2D eigenvalue weighted by atomic mass is 10.1. The van der Waals surface area contributed by atoms with Crippen LogP contribution in [0, 0.1) is 11.8 Å². The van der Waals surface area contributed by atoms with Gasteiger partial charge in [-0.05, 0) is 11.1 Å². The second kappa shape index (κ2) is 17.1. The molecule has 0 fully saturated rings. The van der Waals surface area contributed by atoms with Gasteiger partial charge in [-0.3, -0.25) is 19.2 Å². The normalized spacial score (nSPS) is 12.0. The fourth-order valence-corrected chi connectivity index (χ4v) is 3.94. The first-order chi connectivity index (χ1) is 21.2. The Morgan fingerprint density at radius 3 is 1.36 bits per heavy atom. The van der Waals surface area contributed by atoms with Crippen LogP contribution in [-0.2, 0) is 41.8 Å². The van der Waals surface area contributed by atoms with Crippen LogP contribution in [0.5, 0.6) is 0 Å². The average Bonchev–Trinajstić information content (AvgIpc) is 3.04.